The van der Waals surface area contributed by atoms with Gasteiger partial charge in [-0.1, -0.05) is 0 Å². The molecule has 1 saturated carbocycles. The lowest BCUT2D eigenvalue weighted by atomic mass is 10.3. The number of nitrogens with zero attached hydrogens (tertiary/aromatic N) is 1. The van der Waals surface area contributed by atoms with Gasteiger partial charge < -0.3 is 4.57 Å². The third-order valence-electron chi connectivity index (χ3n) is 2.74. The highest BCUT2D eigenvalue weighted by Crippen LogP contribution is 2.49. The average molecular weight is 268 g/mol. The van der Waals surface area contributed by atoms with Crippen LogP contribution in [-0.4, -0.2) is 24.7 Å². The standard InChI is InChI=1S/C9H11F3N2O2S/c1-14-5-2-7(6-14)17(15,16)13-8(3-4-8)9(10,11)12/h2,5-6,13H,3-4H2,1H3. The molecular weight excluding hydrogens is 257 g/mol. The van der Waals surface area contributed by atoms with E-state index in [1.165, 1.54) is 23.0 Å². The van der Waals surface area contributed by atoms with Crippen LogP contribution in [0.2, 0.25) is 0 Å². The summed E-state index contributed by atoms with van der Waals surface area (Å²) in [4.78, 5) is -0.157. The van der Waals surface area contributed by atoms with Crippen molar-refractivity contribution >= 4 is 10.0 Å². The maximum Gasteiger partial charge on any atom is 0.407 e. The summed E-state index contributed by atoms with van der Waals surface area (Å²) in [6.07, 6.45) is -2.24. The van der Waals surface area contributed by atoms with Gasteiger partial charge in [-0.15, -0.1) is 0 Å². The Morgan fingerprint density at radius 1 is 1.41 bits per heavy atom. The van der Waals surface area contributed by atoms with Crippen molar-refractivity contribution in [1.82, 2.24) is 9.29 Å². The smallest absolute Gasteiger partial charge is 0.356 e. The van der Waals surface area contributed by atoms with E-state index in [2.05, 4.69) is 0 Å². The molecule has 1 aromatic rings. The molecule has 4 nitrogen and oxygen atoms in total. The first-order chi connectivity index (χ1) is 7.66. The van der Waals surface area contributed by atoms with Crippen molar-refractivity contribution in [3.05, 3.63) is 18.5 Å². The van der Waals surface area contributed by atoms with E-state index in [9.17, 15) is 21.6 Å². The van der Waals surface area contributed by atoms with Crippen LogP contribution in [-0.2, 0) is 17.1 Å². The highest BCUT2D eigenvalue weighted by molar-refractivity contribution is 7.89. The van der Waals surface area contributed by atoms with Crippen LogP contribution in [0, 0.1) is 0 Å². The summed E-state index contributed by atoms with van der Waals surface area (Å²) < 4.78 is 64.5. The summed E-state index contributed by atoms with van der Waals surface area (Å²) in [6, 6.07) is 1.26. The fourth-order valence-corrected chi connectivity index (χ4v) is 3.02. The Morgan fingerprint density at radius 3 is 2.35 bits per heavy atom. The van der Waals surface area contributed by atoms with Crippen LogP contribution in [0.1, 0.15) is 12.8 Å². The van der Waals surface area contributed by atoms with E-state index in [0.717, 1.165) is 0 Å². The van der Waals surface area contributed by atoms with E-state index in [-0.39, 0.29) is 17.7 Å². The average Bonchev–Trinajstić information content (AvgIpc) is 2.79. The summed E-state index contributed by atoms with van der Waals surface area (Å²) in [5.74, 6) is 0. The Hall–Kier alpha value is -1.02. The summed E-state index contributed by atoms with van der Waals surface area (Å²) >= 11 is 0. The van der Waals surface area contributed by atoms with Crippen LogP contribution >= 0.6 is 0 Å². The lowest BCUT2D eigenvalue weighted by Crippen LogP contribution is -2.47. The summed E-state index contributed by atoms with van der Waals surface area (Å²) in [6.45, 7) is 0. The zero-order chi connectivity index (χ0) is 12.9. The molecule has 2 rings (SSSR count). The second kappa shape index (κ2) is 3.49. The molecule has 1 fully saturated rings. The molecule has 0 radical (unpaired) electrons. The molecule has 1 N–H and O–H groups in total. The van der Waals surface area contributed by atoms with Gasteiger partial charge in [0, 0.05) is 19.4 Å². The predicted octanol–water partition coefficient (Wildman–Crippen LogP) is 1.40. The first-order valence-corrected chi connectivity index (χ1v) is 6.37. The molecule has 0 saturated heterocycles. The number of hydrogen-bond donors (Lipinski definition) is 1. The van der Waals surface area contributed by atoms with E-state index >= 15 is 0 Å². The zero-order valence-electron chi connectivity index (χ0n) is 8.95. The van der Waals surface area contributed by atoms with Crippen molar-refractivity contribution in [2.75, 3.05) is 0 Å². The van der Waals surface area contributed by atoms with E-state index in [0.29, 0.717) is 0 Å². The van der Waals surface area contributed by atoms with E-state index < -0.39 is 21.7 Å². The van der Waals surface area contributed by atoms with Crippen LogP contribution in [0.25, 0.3) is 0 Å². The Balaban J connectivity index is 2.25. The third-order valence-corrected chi connectivity index (χ3v) is 4.26. The van der Waals surface area contributed by atoms with Crippen LogP contribution < -0.4 is 4.72 Å². The number of sulfonamides is 1. The molecule has 0 aromatic carbocycles. The molecule has 0 bridgehead atoms. The van der Waals surface area contributed by atoms with Crippen molar-refractivity contribution in [2.24, 2.45) is 7.05 Å². The third kappa shape index (κ3) is 2.19. The Labute approximate surface area is 96.5 Å². The second-order valence-electron chi connectivity index (χ2n) is 4.20. The van der Waals surface area contributed by atoms with Crippen molar-refractivity contribution < 1.29 is 21.6 Å². The highest BCUT2D eigenvalue weighted by Gasteiger charge is 2.65. The first-order valence-electron chi connectivity index (χ1n) is 4.89. The first kappa shape index (κ1) is 12.4. The fourth-order valence-electron chi connectivity index (χ4n) is 1.52. The molecule has 0 amide bonds. The minimum atomic E-state index is -4.55. The quantitative estimate of drug-likeness (QED) is 0.900. The largest absolute Gasteiger partial charge is 0.407 e. The van der Waals surface area contributed by atoms with Crippen LogP contribution in [0.4, 0.5) is 13.2 Å². The number of aryl methyl sites for hydroxylation is 1. The molecule has 0 atom stereocenters. The van der Waals surface area contributed by atoms with Gasteiger partial charge in [0.2, 0.25) is 10.0 Å². The minimum absolute atomic E-state index is 0.157. The molecular formula is C9H11F3N2O2S. The normalized spacial score (nSPS) is 19.3. The number of hydrogen-bond acceptors (Lipinski definition) is 2. The van der Waals surface area contributed by atoms with Crippen LogP contribution in [0.3, 0.4) is 0 Å². The van der Waals surface area contributed by atoms with Crippen LogP contribution in [0.15, 0.2) is 23.4 Å². The van der Waals surface area contributed by atoms with Gasteiger partial charge in [-0.05, 0) is 18.9 Å². The van der Waals surface area contributed by atoms with Crippen molar-refractivity contribution in [3.8, 4) is 0 Å². The van der Waals surface area contributed by atoms with E-state index in [1.54, 1.807) is 11.8 Å². The molecule has 96 valence electrons. The van der Waals surface area contributed by atoms with Crippen molar-refractivity contribution in [2.45, 2.75) is 29.5 Å². The molecule has 0 aliphatic heterocycles. The zero-order valence-corrected chi connectivity index (χ0v) is 9.77. The SMILES string of the molecule is Cn1ccc(S(=O)(=O)NC2(C(F)(F)F)CC2)c1. The topological polar surface area (TPSA) is 51.1 Å². The van der Waals surface area contributed by atoms with Gasteiger partial charge in [0.1, 0.15) is 5.54 Å². The second-order valence-corrected chi connectivity index (χ2v) is 5.88. The monoisotopic (exact) mass is 268 g/mol. The van der Waals surface area contributed by atoms with E-state index in [4.69, 9.17) is 0 Å². The van der Waals surface area contributed by atoms with E-state index in [1.807, 2.05) is 0 Å². The predicted molar refractivity (Wildman–Crippen MR) is 53.8 cm³/mol. The summed E-state index contributed by atoms with van der Waals surface area (Å²) in [7, 11) is -2.52. The van der Waals surface area contributed by atoms with Gasteiger partial charge in [-0.3, -0.25) is 0 Å². The number of nitrogens with one attached hydrogen (secondary N) is 1. The number of aromatic nitrogens is 1. The maximum atomic E-state index is 12.6. The number of rotatable bonds is 3. The Kier molecular flexibility index (Phi) is 2.55. The van der Waals surface area contributed by atoms with Crippen molar-refractivity contribution in [1.29, 1.82) is 0 Å². The molecule has 1 aliphatic carbocycles. The number of halogens is 3. The van der Waals surface area contributed by atoms with Gasteiger partial charge in [0.25, 0.3) is 0 Å². The van der Waals surface area contributed by atoms with Gasteiger partial charge in [-0.25, -0.2) is 8.42 Å². The summed E-state index contributed by atoms with van der Waals surface area (Å²) in [5, 5.41) is 0. The molecule has 0 unspecified atom stereocenters. The molecule has 8 heteroatoms. The Bertz CT molecular complexity index is 529. The summed E-state index contributed by atoms with van der Waals surface area (Å²) in [5.41, 5.74) is -2.26. The Morgan fingerprint density at radius 2 is 2.00 bits per heavy atom. The maximum absolute atomic E-state index is 12.6. The van der Waals surface area contributed by atoms with Crippen molar-refractivity contribution in [3.63, 3.8) is 0 Å². The molecule has 1 heterocycles. The molecule has 17 heavy (non-hydrogen) atoms. The van der Waals surface area contributed by atoms with Gasteiger partial charge in [-0.2, -0.15) is 17.9 Å². The van der Waals surface area contributed by atoms with Gasteiger partial charge in [0.05, 0.1) is 4.90 Å². The highest BCUT2D eigenvalue weighted by atomic mass is 32.2. The minimum Gasteiger partial charge on any atom is -0.356 e. The van der Waals surface area contributed by atoms with Gasteiger partial charge >= 0.3 is 6.18 Å². The fraction of sp³-hybridized carbons (Fsp3) is 0.556. The van der Waals surface area contributed by atoms with Gasteiger partial charge in [0.15, 0.2) is 0 Å². The van der Waals surface area contributed by atoms with Crippen LogP contribution in [0.5, 0.6) is 0 Å². The molecule has 0 spiro atoms. The number of alkyl halides is 3. The molecule has 1 aromatic heterocycles. The lowest BCUT2D eigenvalue weighted by molar-refractivity contribution is -0.160. The lowest BCUT2D eigenvalue weighted by Gasteiger charge is -2.20. The molecule has 1 aliphatic rings.